The normalized spacial score (nSPS) is 16.8. The van der Waals surface area contributed by atoms with Gasteiger partial charge in [-0.3, -0.25) is 0 Å². The summed E-state index contributed by atoms with van der Waals surface area (Å²) in [6.45, 7) is 4.36. The standard InChI is InChI=1S/C13H17NO3S/c1-9(2)17-7-11-8-18(15,16)13-10(6-14)4-3-5-12(11)13/h3-5,8-9H,6-7,14H2,1-2H3. The molecule has 0 atom stereocenters. The molecule has 1 aromatic carbocycles. The zero-order valence-electron chi connectivity index (χ0n) is 10.5. The Bertz CT molecular complexity index is 588. The molecule has 98 valence electrons. The topological polar surface area (TPSA) is 69.4 Å². The second kappa shape index (κ2) is 4.84. The van der Waals surface area contributed by atoms with Crippen molar-refractivity contribution >= 4 is 15.4 Å². The first-order valence-electron chi connectivity index (χ1n) is 5.85. The van der Waals surface area contributed by atoms with E-state index in [1.54, 1.807) is 12.1 Å². The Morgan fingerprint density at radius 1 is 1.33 bits per heavy atom. The van der Waals surface area contributed by atoms with E-state index in [2.05, 4.69) is 0 Å². The molecule has 0 radical (unpaired) electrons. The highest BCUT2D eigenvalue weighted by Gasteiger charge is 2.29. The molecule has 0 aliphatic carbocycles. The molecule has 1 heterocycles. The van der Waals surface area contributed by atoms with Crippen molar-refractivity contribution < 1.29 is 13.2 Å². The minimum atomic E-state index is -3.37. The summed E-state index contributed by atoms with van der Waals surface area (Å²) in [6, 6.07) is 5.37. The Labute approximate surface area is 107 Å². The van der Waals surface area contributed by atoms with E-state index in [0.717, 1.165) is 5.56 Å². The van der Waals surface area contributed by atoms with Crippen LogP contribution in [0.1, 0.15) is 25.0 Å². The molecule has 0 aromatic heterocycles. The molecule has 1 aromatic rings. The highest BCUT2D eigenvalue weighted by atomic mass is 32.2. The molecule has 1 aliphatic rings. The van der Waals surface area contributed by atoms with Gasteiger partial charge < -0.3 is 10.5 Å². The average Bonchev–Trinajstić information content (AvgIpc) is 2.59. The minimum absolute atomic E-state index is 0.0651. The molecule has 2 N–H and O–H groups in total. The first-order valence-corrected chi connectivity index (χ1v) is 7.40. The molecule has 0 saturated carbocycles. The average molecular weight is 267 g/mol. The maximum absolute atomic E-state index is 12.1. The summed E-state index contributed by atoms with van der Waals surface area (Å²) in [4.78, 5) is 0.342. The van der Waals surface area contributed by atoms with Gasteiger partial charge in [-0.1, -0.05) is 18.2 Å². The SMILES string of the molecule is CC(C)OCC1=CS(=O)(=O)c2c(CN)cccc21. The number of benzene rings is 1. The summed E-state index contributed by atoms with van der Waals surface area (Å²) in [5.41, 5.74) is 7.67. The maximum atomic E-state index is 12.1. The molecular weight excluding hydrogens is 250 g/mol. The van der Waals surface area contributed by atoms with Gasteiger partial charge >= 0.3 is 0 Å². The Morgan fingerprint density at radius 2 is 2.06 bits per heavy atom. The van der Waals surface area contributed by atoms with Crippen LogP contribution in [0.5, 0.6) is 0 Å². The van der Waals surface area contributed by atoms with Crippen molar-refractivity contribution in [3.63, 3.8) is 0 Å². The lowest BCUT2D eigenvalue weighted by Gasteiger charge is -2.10. The van der Waals surface area contributed by atoms with Gasteiger partial charge in [0.2, 0.25) is 9.84 Å². The number of fused-ring (bicyclic) bond motifs is 1. The van der Waals surface area contributed by atoms with Gasteiger partial charge in [0.05, 0.1) is 17.6 Å². The van der Waals surface area contributed by atoms with Crippen molar-refractivity contribution in [3.8, 4) is 0 Å². The van der Waals surface area contributed by atoms with Gasteiger partial charge in [0.25, 0.3) is 0 Å². The van der Waals surface area contributed by atoms with Crippen molar-refractivity contribution in [1.82, 2.24) is 0 Å². The van der Waals surface area contributed by atoms with E-state index in [0.29, 0.717) is 22.6 Å². The predicted octanol–water partition coefficient (Wildman–Crippen LogP) is 1.70. The van der Waals surface area contributed by atoms with Crippen LogP contribution < -0.4 is 5.73 Å². The van der Waals surface area contributed by atoms with Gasteiger partial charge in [-0.2, -0.15) is 0 Å². The molecule has 2 rings (SSSR count). The maximum Gasteiger partial charge on any atom is 0.201 e. The van der Waals surface area contributed by atoms with Crippen molar-refractivity contribution in [1.29, 1.82) is 0 Å². The number of rotatable bonds is 4. The van der Waals surface area contributed by atoms with Crippen molar-refractivity contribution in [2.45, 2.75) is 31.4 Å². The fraction of sp³-hybridized carbons (Fsp3) is 0.385. The Morgan fingerprint density at radius 3 is 2.67 bits per heavy atom. The van der Waals surface area contributed by atoms with E-state index in [-0.39, 0.29) is 12.6 Å². The fourth-order valence-electron chi connectivity index (χ4n) is 2.01. The van der Waals surface area contributed by atoms with Gasteiger partial charge in [0, 0.05) is 12.0 Å². The number of sulfone groups is 1. The molecule has 0 amide bonds. The first kappa shape index (κ1) is 13.3. The van der Waals surface area contributed by atoms with Crippen LogP contribution in [-0.4, -0.2) is 21.1 Å². The second-order valence-electron chi connectivity index (χ2n) is 4.55. The van der Waals surface area contributed by atoms with Crippen molar-refractivity contribution in [2.75, 3.05) is 6.61 Å². The van der Waals surface area contributed by atoms with Crippen LogP contribution in [0, 0.1) is 0 Å². The van der Waals surface area contributed by atoms with Crippen LogP contribution in [0.3, 0.4) is 0 Å². The molecular formula is C13H17NO3S. The van der Waals surface area contributed by atoms with Crippen molar-refractivity contribution in [2.24, 2.45) is 5.73 Å². The summed E-state index contributed by atoms with van der Waals surface area (Å²) in [6.07, 6.45) is 0.0651. The summed E-state index contributed by atoms with van der Waals surface area (Å²) in [5, 5.41) is 1.29. The number of ether oxygens (including phenoxy) is 1. The molecule has 4 nitrogen and oxygen atoms in total. The van der Waals surface area contributed by atoms with E-state index in [1.165, 1.54) is 5.41 Å². The lowest BCUT2D eigenvalue weighted by molar-refractivity contribution is 0.107. The zero-order chi connectivity index (χ0) is 13.3. The van der Waals surface area contributed by atoms with Crippen LogP contribution in [0.15, 0.2) is 28.5 Å². The summed E-state index contributed by atoms with van der Waals surface area (Å²) < 4.78 is 29.7. The quantitative estimate of drug-likeness (QED) is 0.901. The van der Waals surface area contributed by atoms with Crippen LogP contribution in [0.25, 0.3) is 5.57 Å². The second-order valence-corrected chi connectivity index (χ2v) is 6.28. The highest BCUT2D eigenvalue weighted by molar-refractivity contribution is 7.95. The molecule has 1 aliphatic heterocycles. The lowest BCUT2D eigenvalue weighted by atomic mass is 10.1. The molecule has 18 heavy (non-hydrogen) atoms. The molecule has 0 fully saturated rings. The Balaban J connectivity index is 2.45. The molecule has 0 saturated heterocycles. The predicted molar refractivity (Wildman–Crippen MR) is 70.6 cm³/mol. The third kappa shape index (κ3) is 2.34. The van der Waals surface area contributed by atoms with E-state index in [9.17, 15) is 8.42 Å². The zero-order valence-corrected chi connectivity index (χ0v) is 11.3. The van der Waals surface area contributed by atoms with Crippen molar-refractivity contribution in [3.05, 3.63) is 34.7 Å². The summed E-state index contributed by atoms with van der Waals surface area (Å²) in [5.74, 6) is 0. The lowest BCUT2D eigenvalue weighted by Crippen LogP contribution is -2.06. The van der Waals surface area contributed by atoms with E-state index in [1.807, 2.05) is 19.9 Å². The Kier molecular flexibility index (Phi) is 3.56. The van der Waals surface area contributed by atoms with E-state index in [4.69, 9.17) is 10.5 Å². The van der Waals surface area contributed by atoms with Gasteiger partial charge in [-0.15, -0.1) is 0 Å². The third-order valence-corrected chi connectivity index (χ3v) is 4.46. The molecule has 0 unspecified atom stereocenters. The first-order chi connectivity index (χ1) is 8.45. The van der Waals surface area contributed by atoms with E-state index >= 15 is 0 Å². The number of hydrogen-bond donors (Lipinski definition) is 1. The largest absolute Gasteiger partial charge is 0.374 e. The fourth-order valence-corrected chi connectivity index (χ4v) is 3.72. The molecule has 0 bridgehead atoms. The van der Waals surface area contributed by atoms with Gasteiger partial charge in [0.1, 0.15) is 0 Å². The Hall–Kier alpha value is -1.17. The van der Waals surface area contributed by atoms with Gasteiger partial charge in [-0.05, 0) is 30.5 Å². The van der Waals surface area contributed by atoms with E-state index < -0.39 is 9.84 Å². The summed E-state index contributed by atoms with van der Waals surface area (Å²) in [7, 11) is -3.37. The monoisotopic (exact) mass is 267 g/mol. The van der Waals surface area contributed by atoms with Crippen LogP contribution in [0.2, 0.25) is 0 Å². The third-order valence-electron chi connectivity index (χ3n) is 2.82. The number of nitrogens with two attached hydrogens (primary N) is 1. The van der Waals surface area contributed by atoms with Crippen LogP contribution in [-0.2, 0) is 21.1 Å². The minimum Gasteiger partial charge on any atom is -0.374 e. The molecule has 5 heteroatoms. The van der Waals surface area contributed by atoms with Crippen LogP contribution in [0.4, 0.5) is 0 Å². The number of hydrogen-bond acceptors (Lipinski definition) is 4. The highest BCUT2D eigenvalue weighted by Crippen LogP contribution is 2.35. The van der Waals surface area contributed by atoms with Gasteiger partial charge in [0.15, 0.2) is 0 Å². The van der Waals surface area contributed by atoms with Gasteiger partial charge in [-0.25, -0.2) is 8.42 Å². The molecule has 0 spiro atoms. The van der Waals surface area contributed by atoms with Crippen LogP contribution >= 0.6 is 0 Å². The smallest absolute Gasteiger partial charge is 0.201 e. The summed E-state index contributed by atoms with van der Waals surface area (Å²) >= 11 is 0.